The number of benzene rings is 1. The molecule has 1 N–H and O–H groups in total. The Morgan fingerprint density at radius 1 is 1.38 bits per heavy atom. The van der Waals surface area contributed by atoms with Crippen LogP contribution in [0.15, 0.2) is 30.3 Å². The fourth-order valence-corrected chi connectivity index (χ4v) is 2.38. The van der Waals surface area contributed by atoms with Crippen LogP contribution in [0.4, 0.5) is 4.79 Å². The summed E-state index contributed by atoms with van der Waals surface area (Å²) >= 11 is 0. The molecule has 0 saturated carbocycles. The van der Waals surface area contributed by atoms with E-state index in [1.165, 1.54) is 4.90 Å². The van der Waals surface area contributed by atoms with E-state index in [0.717, 1.165) is 5.56 Å². The minimum absolute atomic E-state index is 0.00748. The van der Waals surface area contributed by atoms with Gasteiger partial charge in [0.25, 0.3) is 0 Å². The molecule has 1 saturated heterocycles. The topological polar surface area (TPSA) is 66.8 Å². The Morgan fingerprint density at radius 2 is 2.10 bits per heavy atom. The van der Waals surface area contributed by atoms with Crippen LogP contribution in [0, 0.1) is 17.8 Å². The average molecular weight is 287 g/mol. The summed E-state index contributed by atoms with van der Waals surface area (Å²) in [5, 5.41) is 9.27. The Hall–Kier alpha value is -2.48. The summed E-state index contributed by atoms with van der Waals surface area (Å²) in [7, 11) is 0. The third-order valence-corrected chi connectivity index (χ3v) is 3.64. The molecule has 2 rings (SSSR count). The van der Waals surface area contributed by atoms with E-state index < -0.39 is 17.5 Å². The summed E-state index contributed by atoms with van der Waals surface area (Å²) in [5.74, 6) is 1.26. The monoisotopic (exact) mass is 287 g/mol. The van der Waals surface area contributed by atoms with Crippen LogP contribution in [-0.2, 0) is 16.1 Å². The lowest BCUT2D eigenvalue weighted by molar-refractivity contribution is -0.147. The molecule has 21 heavy (non-hydrogen) atoms. The molecule has 1 unspecified atom stereocenters. The molecule has 5 heteroatoms. The molecule has 5 nitrogen and oxygen atoms in total. The van der Waals surface area contributed by atoms with Crippen molar-refractivity contribution in [2.45, 2.75) is 19.4 Å². The van der Waals surface area contributed by atoms with Gasteiger partial charge in [-0.15, -0.1) is 6.42 Å². The number of piperidine rings is 1. The van der Waals surface area contributed by atoms with Gasteiger partial charge in [-0.05, 0) is 18.4 Å². The van der Waals surface area contributed by atoms with Crippen molar-refractivity contribution in [3.63, 3.8) is 0 Å². The third-order valence-electron chi connectivity index (χ3n) is 3.64. The molecular formula is C16H17NO4. The number of amides is 1. The molecule has 0 bridgehead atoms. The van der Waals surface area contributed by atoms with Gasteiger partial charge in [0.05, 0.1) is 6.54 Å². The summed E-state index contributed by atoms with van der Waals surface area (Å²) in [5.41, 5.74) is -0.423. The minimum Gasteiger partial charge on any atom is -0.480 e. The second-order valence-electron chi connectivity index (χ2n) is 5.10. The highest BCUT2D eigenvalue weighted by atomic mass is 16.6. The summed E-state index contributed by atoms with van der Waals surface area (Å²) in [4.78, 5) is 24.7. The van der Waals surface area contributed by atoms with Crippen molar-refractivity contribution in [3.8, 4) is 12.3 Å². The van der Waals surface area contributed by atoms with E-state index in [1.807, 2.05) is 30.3 Å². The first-order valence-corrected chi connectivity index (χ1v) is 6.74. The van der Waals surface area contributed by atoms with Crippen molar-refractivity contribution >= 4 is 12.1 Å². The van der Waals surface area contributed by atoms with Gasteiger partial charge in [-0.25, -0.2) is 4.79 Å². The molecule has 1 aliphatic rings. The number of terminal acetylenes is 1. The Labute approximate surface area is 123 Å². The zero-order valence-electron chi connectivity index (χ0n) is 11.6. The van der Waals surface area contributed by atoms with E-state index in [1.54, 1.807) is 0 Å². The first-order valence-electron chi connectivity index (χ1n) is 6.74. The van der Waals surface area contributed by atoms with Crippen LogP contribution < -0.4 is 0 Å². The zero-order valence-corrected chi connectivity index (χ0v) is 11.6. The number of ether oxygens (including phenoxy) is 1. The van der Waals surface area contributed by atoms with Gasteiger partial charge < -0.3 is 14.7 Å². The van der Waals surface area contributed by atoms with Crippen LogP contribution in [0.3, 0.4) is 0 Å². The van der Waals surface area contributed by atoms with Crippen molar-refractivity contribution in [2.75, 3.05) is 13.1 Å². The molecule has 0 radical (unpaired) electrons. The molecule has 1 heterocycles. The van der Waals surface area contributed by atoms with Crippen LogP contribution in [0.1, 0.15) is 18.4 Å². The highest BCUT2D eigenvalue weighted by molar-refractivity contribution is 5.80. The summed E-state index contributed by atoms with van der Waals surface area (Å²) in [6, 6.07) is 9.30. The number of nitrogens with zero attached hydrogens (tertiary/aromatic N) is 1. The predicted molar refractivity (Wildman–Crippen MR) is 76.3 cm³/mol. The normalized spacial score (nSPS) is 21.4. The maximum atomic E-state index is 12.0. The van der Waals surface area contributed by atoms with Crippen LogP contribution in [0.5, 0.6) is 0 Å². The SMILES string of the molecule is C#CC1(C(=O)O)CCCN(C(=O)OCc2ccccc2)C1. The van der Waals surface area contributed by atoms with Crippen LogP contribution in [0.25, 0.3) is 0 Å². The first kappa shape index (κ1) is 14.9. The fourth-order valence-electron chi connectivity index (χ4n) is 2.38. The molecular weight excluding hydrogens is 270 g/mol. The summed E-state index contributed by atoms with van der Waals surface area (Å²) in [6.45, 7) is 0.614. The van der Waals surface area contributed by atoms with Gasteiger partial charge in [-0.3, -0.25) is 4.79 Å². The Kier molecular flexibility index (Phi) is 4.49. The lowest BCUT2D eigenvalue weighted by Gasteiger charge is -2.35. The lowest BCUT2D eigenvalue weighted by Crippen LogP contribution is -2.49. The molecule has 1 aromatic carbocycles. The Bertz CT molecular complexity index is 563. The minimum atomic E-state index is -1.30. The Morgan fingerprint density at radius 3 is 2.71 bits per heavy atom. The highest BCUT2D eigenvalue weighted by Crippen LogP contribution is 2.30. The van der Waals surface area contributed by atoms with Gasteiger partial charge in [0.15, 0.2) is 0 Å². The number of carboxylic acids is 1. The van der Waals surface area contributed by atoms with Crippen molar-refractivity contribution in [1.29, 1.82) is 0 Å². The summed E-state index contributed by atoms with van der Waals surface area (Å²) in [6.07, 6.45) is 5.76. The molecule has 1 aromatic rings. The van der Waals surface area contributed by atoms with Crippen molar-refractivity contribution in [3.05, 3.63) is 35.9 Å². The maximum absolute atomic E-state index is 12.0. The molecule has 0 spiro atoms. The van der Waals surface area contributed by atoms with E-state index in [4.69, 9.17) is 11.2 Å². The highest BCUT2D eigenvalue weighted by Gasteiger charge is 2.42. The van der Waals surface area contributed by atoms with Gasteiger partial charge in [-0.1, -0.05) is 36.3 Å². The van der Waals surface area contributed by atoms with Crippen LogP contribution in [0.2, 0.25) is 0 Å². The number of carbonyl (C=O) groups is 2. The van der Waals surface area contributed by atoms with E-state index in [9.17, 15) is 14.7 Å². The van der Waals surface area contributed by atoms with E-state index in [2.05, 4.69) is 5.92 Å². The van der Waals surface area contributed by atoms with E-state index in [-0.39, 0.29) is 13.2 Å². The zero-order chi connectivity index (χ0) is 15.3. The first-order chi connectivity index (χ1) is 10.1. The largest absolute Gasteiger partial charge is 0.480 e. The smallest absolute Gasteiger partial charge is 0.410 e. The fraction of sp³-hybridized carbons (Fsp3) is 0.375. The number of aliphatic carboxylic acids is 1. The lowest BCUT2D eigenvalue weighted by atomic mass is 9.81. The van der Waals surface area contributed by atoms with Gasteiger partial charge >= 0.3 is 12.1 Å². The Balaban J connectivity index is 1.97. The van der Waals surface area contributed by atoms with Crippen molar-refractivity contribution in [2.24, 2.45) is 5.41 Å². The van der Waals surface area contributed by atoms with E-state index in [0.29, 0.717) is 19.4 Å². The van der Waals surface area contributed by atoms with E-state index >= 15 is 0 Å². The molecule has 1 aliphatic heterocycles. The van der Waals surface area contributed by atoms with Gasteiger partial charge in [0, 0.05) is 6.54 Å². The third kappa shape index (κ3) is 3.34. The molecule has 110 valence electrons. The average Bonchev–Trinajstić information content (AvgIpc) is 2.53. The number of likely N-dealkylation sites (tertiary alicyclic amines) is 1. The molecule has 1 amide bonds. The number of hydrogen-bond donors (Lipinski definition) is 1. The van der Waals surface area contributed by atoms with Crippen LogP contribution in [-0.4, -0.2) is 35.2 Å². The molecule has 0 aliphatic carbocycles. The molecule has 1 atom stereocenters. The van der Waals surface area contributed by atoms with Gasteiger partial charge in [0.1, 0.15) is 12.0 Å². The standard InChI is InChI=1S/C16H17NO4/c1-2-16(14(18)19)9-6-10-17(12-16)15(20)21-11-13-7-4-3-5-8-13/h1,3-5,7-8H,6,9-12H2,(H,18,19). The van der Waals surface area contributed by atoms with Gasteiger partial charge in [0.2, 0.25) is 0 Å². The summed E-state index contributed by atoms with van der Waals surface area (Å²) < 4.78 is 5.21. The predicted octanol–water partition coefficient (Wildman–Crippen LogP) is 2.12. The quantitative estimate of drug-likeness (QED) is 0.865. The number of carbonyl (C=O) groups excluding carboxylic acids is 1. The second-order valence-corrected chi connectivity index (χ2v) is 5.10. The van der Waals surface area contributed by atoms with Crippen molar-refractivity contribution < 1.29 is 19.4 Å². The second kappa shape index (κ2) is 6.31. The van der Waals surface area contributed by atoms with Crippen LogP contribution >= 0.6 is 0 Å². The maximum Gasteiger partial charge on any atom is 0.410 e. The molecule has 0 aromatic heterocycles. The number of rotatable bonds is 3. The molecule has 1 fully saturated rings. The van der Waals surface area contributed by atoms with Gasteiger partial charge in [-0.2, -0.15) is 0 Å². The van der Waals surface area contributed by atoms with Crippen molar-refractivity contribution in [1.82, 2.24) is 4.90 Å². The number of carboxylic acid groups (broad SMARTS) is 1. The number of hydrogen-bond acceptors (Lipinski definition) is 3.